The Morgan fingerprint density at radius 3 is 1.38 bits per heavy atom. The molecule has 0 atom stereocenters. The van der Waals surface area contributed by atoms with Crippen molar-refractivity contribution >= 4 is 31.9 Å². The summed E-state index contributed by atoms with van der Waals surface area (Å²) in [5.74, 6) is 0. The van der Waals surface area contributed by atoms with Gasteiger partial charge in [-0.3, -0.25) is 0 Å². The van der Waals surface area contributed by atoms with Crippen molar-refractivity contribution in [2.75, 3.05) is 0 Å². The average molecular weight is 488 g/mol. The lowest BCUT2D eigenvalue weighted by Gasteiger charge is -2.11. The Kier molecular flexibility index (Phi) is 15.1. The van der Waals surface area contributed by atoms with Crippen LogP contribution >= 0.6 is 31.9 Å². The Labute approximate surface area is 180 Å². The second-order valence-corrected chi connectivity index (χ2v) is 9.49. The van der Waals surface area contributed by atoms with Crippen LogP contribution in [0.15, 0.2) is 21.1 Å². The summed E-state index contributed by atoms with van der Waals surface area (Å²) in [6.07, 6.45) is 21.7. The van der Waals surface area contributed by atoms with E-state index in [9.17, 15) is 0 Å². The van der Waals surface area contributed by atoms with E-state index >= 15 is 0 Å². The van der Waals surface area contributed by atoms with Crippen LogP contribution < -0.4 is 0 Å². The number of benzene rings is 1. The molecule has 0 aliphatic rings. The Morgan fingerprint density at radius 2 is 0.923 bits per heavy atom. The third-order valence-corrected chi connectivity index (χ3v) is 6.72. The van der Waals surface area contributed by atoms with E-state index < -0.39 is 0 Å². The lowest BCUT2D eigenvalue weighted by atomic mass is 10.0. The van der Waals surface area contributed by atoms with Gasteiger partial charge in [0.15, 0.2) is 0 Å². The lowest BCUT2D eigenvalue weighted by Crippen LogP contribution is -1.94. The minimum Gasteiger partial charge on any atom is -0.0654 e. The molecule has 0 bridgehead atoms. The van der Waals surface area contributed by atoms with Crippen molar-refractivity contribution in [3.05, 3.63) is 32.2 Å². The zero-order chi connectivity index (χ0) is 19.0. The van der Waals surface area contributed by atoms with Gasteiger partial charge in [-0.25, -0.2) is 0 Å². The summed E-state index contributed by atoms with van der Waals surface area (Å²) in [6, 6.07) is 4.72. The molecule has 0 radical (unpaired) electrons. The van der Waals surface area contributed by atoms with Gasteiger partial charge in [0, 0.05) is 8.95 Å². The van der Waals surface area contributed by atoms with E-state index in [-0.39, 0.29) is 0 Å². The Balaban J connectivity index is 2.26. The van der Waals surface area contributed by atoms with Crippen LogP contribution in [0.4, 0.5) is 0 Å². The maximum Gasteiger partial charge on any atom is 0.0221 e. The van der Waals surface area contributed by atoms with Gasteiger partial charge in [0.25, 0.3) is 0 Å². The SMILES string of the molecule is CCCCCCCCCc1cc(Br)c(CCCCCCCCC)c(Br)c1. The molecule has 0 N–H and O–H groups in total. The average Bonchev–Trinajstić information content (AvgIpc) is 2.62. The molecule has 2 heteroatoms. The van der Waals surface area contributed by atoms with E-state index in [4.69, 9.17) is 0 Å². The molecule has 0 fully saturated rings. The van der Waals surface area contributed by atoms with Crippen molar-refractivity contribution in [1.29, 1.82) is 0 Å². The minimum atomic E-state index is 1.19. The Hall–Kier alpha value is 0.180. The Bertz CT molecular complexity index is 444. The number of aryl methyl sites for hydroxylation is 1. The van der Waals surface area contributed by atoms with Gasteiger partial charge in [-0.1, -0.05) is 123 Å². The van der Waals surface area contributed by atoms with Crippen molar-refractivity contribution in [2.45, 2.75) is 117 Å². The molecule has 0 saturated heterocycles. The third-order valence-electron chi connectivity index (χ3n) is 5.30. The molecule has 150 valence electrons. The molecule has 0 spiro atoms. The summed E-state index contributed by atoms with van der Waals surface area (Å²) in [4.78, 5) is 0. The fourth-order valence-corrected chi connectivity index (χ4v) is 5.26. The van der Waals surface area contributed by atoms with Crippen LogP contribution in [-0.2, 0) is 12.8 Å². The van der Waals surface area contributed by atoms with E-state index in [1.165, 1.54) is 123 Å². The highest BCUT2D eigenvalue weighted by atomic mass is 79.9. The van der Waals surface area contributed by atoms with Gasteiger partial charge in [0.1, 0.15) is 0 Å². The maximum atomic E-state index is 3.82. The van der Waals surface area contributed by atoms with Gasteiger partial charge >= 0.3 is 0 Å². The first-order valence-corrected chi connectivity index (χ1v) is 12.7. The van der Waals surface area contributed by atoms with E-state index in [0.29, 0.717) is 0 Å². The van der Waals surface area contributed by atoms with Gasteiger partial charge in [-0.15, -0.1) is 0 Å². The summed E-state index contributed by atoms with van der Waals surface area (Å²) < 4.78 is 2.60. The molecule has 0 amide bonds. The number of hydrogen-bond acceptors (Lipinski definition) is 0. The number of unbranched alkanes of at least 4 members (excludes halogenated alkanes) is 12. The standard InChI is InChI=1S/C24H40Br2/c1-3-5-7-9-11-13-15-17-21-19-23(25)22(24(26)20-21)18-16-14-12-10-8-6-4-2/h19-20H,3-18H2,1-2H3. The van der Waals surface area contributed by atoms with Crippen LogP contribution in [0.5, 0.6) is 0 Å². The fraction of sp³-hybridized carbons (Fsp3) is 0.750. The van der Waals surface area contributed by atoms with Crippen molar-refractivity contribution < 1.29 is 0 Å². The maximum absolute atomic E-state index is 3.82. The van der Waals surface area contributed by atoms with Crippen molar-refractivity contribution in [3.8, 4) is 0 Å². The number of rotatable bonds is 16. The van der Waals surface area contributed by atoms with Crippen molar-refractivity contribution in [3.63, 3.8) is 0 Å². The van der Waals surface area contributed by atoms with Crippen LogP contribution in [0.3, 0.4) is 0 Å². The van der Waals surface area contributed by atoms with Gasteiger partial charge in [-0.2, -0.15) is 0 Å². The monoisotopic (exact) mass is 486 g/mol. The molecule has 0 unspecified atom stereocenters. The van der Waals surface area contributed by atoms with Crippen molar-refractivity contribution in [2.24, 2.45) is 0 Å². The van der Waals surface area contributed by atoms with E-state index in [1.54, 1.807) is 0 Å². The molecule has 0 aliphatic heterocycles. The Morgan fingerprint density at radius 1 is 0.538 bits per heavy atom. The summed E-state index contributed by atoms with van der Waals surface area (Å²) in [6.45, 7) is 4.57. The zero-order valence-corrected chi connectivity index (χ0v) is 20.4. The second kappa shape index (κ2) is 16.2. The van der Waals surface area contributed by atoms with Crippen LogP contribution in [0.2, 0.25) is 0 Å². The fourth-order valence-electron chi connectivity index (χ4n) is 3.58. The molecule has 0 heterocycles. The van der Waals surface area contributed by atoms with E-state index in [0.717, 1.165) is 0 Å². The summed E-state index contributed by atoms with van der Waals surface area (Å²) in [5.41, 5.74) is 2.93. The minimum absolute atomic E-state index is 1.19. The van der Waals surface area contributed by atoms with Gasteiger partial charge in [0.05, 0.1) is 0 Å². The zero-order valence-electron chi connectivity index (χ0n) is 17.2. The molecule has 1 rings (SSSR count). The topological polar surface area (TPSA) is 0 Å². The predicted octanol–water partition coefficient (Wildman–Crippen LogP) is 9.80. The molecule has 26 heavy (non-hydrogen) atoms. The van der Waals surface area contributed by atoms with Crippen LogP contribution in [0.1, 0.15) is 115 Å². The molecule has 0 saturated carbocycles. The molecular weight excluding hydrogens is 448 g/mol. The first kappa shape index (κ1) is 24.2. The molecule has 0 nitrogen and oxygen atoms in total. The number of halogens is 2. The summed E-state index contributed by atoms with van der Waals surface area (Å²) >= 11 is 7.64. The number of hydrogen-bond donors (Lipinski definition) is 0. The van der Waals surface area contributed by atoms with Gasteiger partial charge < -0.3 is 0 Å². The van der Waals surface area contributed by atoms with Crippen LogP contribution in [-0.4, -0.2) is 0 Å². The lowest BCUT2D eigenvalue weighted by molar-refractivity contribution is 0.587. The normalized spacial score (nSPS) is 11.2. The molecule has 1 aromatic carbocycles. The van der Waals surface area contributed by atoms with Gasteiger partial charge in [-0.05, 0) is 48.9 Å². The largest absolute Gasteiger partial charge is 0.0654 e. The van der Waals surface area contributed by atoms with Crippen LogP contribution in [0.25, 0.3) is 0 Å². The third kappa shape index (κ3) is 11.1. The highest BCUT2D eigenvalue weighted by molar-refractivity contribution is 9.11. The van der Waals surface area contributed by atoms with Crippen LogP contribution in [0, 0.1) is 0 Å². The molecular formula is C24H40Br2. The highest BCUT2D eigenvalue weighted by Gasteiger charge is 2.08. The predicted molar refractivity (Wildman–Crippen MR) is 125 cm³/mol. The highest BCUT2D eigenvalue weighted by Crippen LogP contribution is 2.30. The molecule has 0 aliphatic carbocycles. The summed E-state index contributed by atoms with van der Waals surface area (Å²) in [5, 5.41) is 0. The first-order chi connectivity index (χ1) is 12.7. The quantitative estimate of drug-likeness (QED) is 0.203. The van der Waals surface area contributed by atoms with E-state index in [1.807, 2.05) is 0 Å². The summed E-state index contributed by atoms with van der Waals surface area (Å²) in [7, 11) is 0. The van der Waals surface area contributed by atoms with E-state index in [2.05, 4.69) is 57.8 Å². The molecule has 1 aromatic rings. The second-order valence-electron chi connectivity index (χ2n) is 7.78. The smallest absolute Gasteiger partial charge is 0.0221 e. The first-order valence-electron chi connectivity index (χ1n) is 11.2. The van der Waals surface area contributed by atoms with Crippen molar-refractivity contribution in [1.82, 2.24) is 0 Å². The van der Waals surface area contributed by atoms with Gasteiger partial charge in [0.2, 0.25) is 0 Å². The molecule has 0 aromatic heterocycles.